The molecule has 4 aliphatic rings. The molecule has 0 saturated carbocycles. The number of nitrogens with one attached hydrogen (secondary N) is 1. The van der Waals surface area contributed by atoms with Gasteiger partial charge in [-0.2, -0.15) is 0 Å². The molecule has 2 aromatic rings. The van der Waals surface area contributed by atoms with Crippen LogP contribution >= 0.6 is 0 Å². The maximum Gasteiger partial charge on any atom is 0.251 e. The Morgan fingerprint density at radius 3 is 2.66 bits per heavy atom. The third-order valence-corrected chi connectivity index (χ3v) is 6.55. The van der Waals surface area contributed by atoms with Crippen LogP contribution in [-0.2, 0) is 16.1 Å². The molecule has 6 rings (SSSR count). The lowest BCUT2D eigenvalue weighted by Crippen LogP contribution is -2.47. The number of fused-ring (bicyclic) bond motifs is 2. The largest absolute Gasteiger partial charge is 0.454 e. The third-order valence-electron chi connectivity index (χ3n) is 6.55. The Balaban J connectivity index is 1.13. The van der Waals surface area contributed by atoms with Gasteiger partial charge in [-0.1, -0.05) is 18.2 Å². The van der Waals surface area contributed by atoms with Crippen LogP contribution in [0.1, 0.15) is 36.4 Å². The summed E-state index contributed by atoms with van der Waals surface area (Å²) in [6.07, 6.45) is 5.96. The van der Waals surface area contributed by atoms with Gasteiger partial charge in [-0.05, 0) is 48.2 Å². The van der Waals surface area contributed by atoms with Gasteiger partial charge in [-0.3, -0.25) is 9.59 Å². The van der Waals surface area contributed by atoms with E-state index in [2.05, 4.69) is 5.43 Å². The number of hydrogen-bond donors (Lipinski definition) is 1. The second-order valence-electron chi connectivity index (χ2n) is 8.53. The zero-order chi connectivity index (χ0) is 21.7. The fraction of sp³-hybridized carbons (Fsp3) is 0.333. The second-order valence-corrected chi connectivity index (χ2v) is 8.53. The molecule has 1 N–H and O–H groups in total. The van der Waals surface area contributed by atoms with Crippen LogP contribution in [0.4, 0.5) is 5.69 Å². The van der Waals surface area contributed by atoms with Gasteiger partial charge in [-0.25, -0.2) is 5.43 Å². The highest BCUT2D eigenvalue weighted by Gasteiger charge is 2.40. The first-order chi connectivity index (χ1) is 15.7. The molecule has 2 amide bonds. The van der Waals surface area contributed by atoms with Crippen LogP contribution in [0.2, 0.25) is 0 Å². The first-order valence-electron chi connectivity index (χ1n) is 11.0. The fourth-order valence-corrected chi connectivity index (χ4v) is 4.81. The van der Waals surface area contributed by atoms with Gasteiger partial charge in [0.2, 0.25) is 12.7 Å². The van der Waals surface area contributed by atoms with E-state index in [0.717, 1.165) is 41.3 Å². The summed E-state index contributed by atoms with van der Waals surface area (Å²) in [5.41, 5.74) is 6.45. The first-order valence-corrected chi connectivity index (χ1v) is 11.0. The van der Waals surface area contributed by atoms with Crippen molar-refractivity contribution in [1.29, 1.82) is 0 Å². The molecule has 2 atom stereocenters. The standard InChI is InChI=1S/C24H24N4O4/c29-23-2-1-9-27(23)18-6-3-16(4-7-18)14-26-10-11-28-20(24(26)30)13-19(25-28)17-5-8-21-22(12-17)32-15-31-21/h3-8,10-12,19-20,25H,1-2,9,13-15H2. The van der Waals surface area contributed by atoms with E-state index in [1.165, 1.54) is 0 Å². The lowest BCUT2D eigenvalue weighted by molar-refractivity contribution is -0.135. The van der Waals surface area contributed by atoms with Crippen molar-refractivity contribution in [3.63, 3.8) is 0 Å². The number of anilines is 1. The van der Waals surface area contributed by atoms with E-state index in [0.29, 0.717) is 19.4 Å². The first kappa shape index (κ1) is 19.2. The maximum atomic E-state index is 13.2. The maximum absolute atomic E-state index is 13.2. The minimum atomic E-state index is -0.253. The number of hydrazine groups is 1. The van der Waals surface area contributed by atoms with Crippen molar-refractivity contribution in [3.8, 4) is 11.5 Å². The molecule has 2 aromatic carbocycles. The van der Waals surface area contributed by atoms with Crippen molar-refractivity contribution >= 4 is 17.5 Å². The molecule has 0 bridgehead atoms. The quantitative estimate of drug-likeness (QED) is 0.801. The zero-order valence-corrected chi connectivity index (χ0v) is 17.6. The summed E-state index contributed by atoms with van der Waals surface area (Å²) in [4.78, 5) is 28.7. The number of rotatable bonds is 4. The SMILES string of the molecule is O=C1C2CC(c3ccc4c(c3)OCO4)NN2C=CN1Cc1ccc(N2CCCC2=O)cc1. The van der Waals surface area contributed by atoms with Gasteiger partial charge in [-0.15, -0.1) is 0 Å². The lowest BCUT2D eigenvalue weighted by Gasteiger charge is -2.32. The average Bonchev–Trinajstić information content (AvgIpc) is 3.55. The van der Waals surface area contributed by atoms with E-state index in [1.807, 2.05) is 64.8 Å². The average molecular weight is 432 g/mol. The number of hydrogen-bond acceptors (Lipinski definition) is 6. The van der Waals surface area contributed by atoms with Crippen molar-refractivity contribution in [2.75, 3.05) is 18.2 Å². The molecule has 0 aliphatic carbocycles. The Labute approximate surface area is 186 Å². The minimum Gasteiger partial charge on any atom is -0.454 e. The molecule has 4 heterocycles. The minimum absolute atomic E-state index is 0.0281. The highest BCUT2D eigenvalue weighted by atomic mass is 16.7. The number of nitrogens with zero attached hydrogens (tertiary/aromatic N) is 3. The normalized spacial score (nSPS) is 23.9. The summed E-state index contributed by atoms with van der Waals surface area (Å²) in [5.74, 6) is 1.75. The molecule has 164 valence electrons. The van der Waals surface area contributed by atoms with E-state index < -0.39 is 0 Å². The molecular weight excluding hydrogens is 408 g/mol. The molecule has 0 aromatic heterocycles. The van der Waals surface area contributed by atoms with Gasteiger partial charge < -0.3 is 24.3 Å². The molecule has 4 aliphatic heterocycles. The van der Waals surface area contributed by atoms with E-state index in [1.54, 1.807) is 4.90 Å². The second kappa shape index (κ2) is 7.56. The molecule has 2 unspecified atom stereocenters. The van der Waals surface area contributed by atoms with Crippen molar-refractivity contribution in [1.82, 2.24) is 15.3 Å². The number of carbonyl (C=O) groups excluding carboxylic acids is 2. The number of amides is 2. The molecule has 32 heavy (non-hydrogen) atoms. The zero-order valence-electron chi connectivity index (χ0n) is 17.6. The van der Waals surface area contributed by atoms with Crippen molar-refractivity contribution in [2.24, 2.45) is 0 Å². The summed E-state index contributed by atoms with van der Waals surface area (Å²) < 4.78 is 10.9. The molecule has 0 spiro atoms. The smallest absolute Gasteiger partial charge is 0.251 e. The Morgan fingerprint density at radius 1 is 1.00 bits per heavy atom. The number of benzene rings is 2. The monoisotopic (exact) mass is 432 g/mol. The topological polar surface area (TPSA) is 74.4 Å². The van der Waals surface area contributed by atoms with E-state index in [9.17, 15) is 9.59 Å². The summed E-state index contributed by atoms with van der Waals surface area (Å²) in [7, 11) is 0. The van der Waals surface area contributed by atoms with Crippen LogP contribution in [0.5, 0.6) is 11.5 Å². The lowest BCUT2D eigenvalue weighted by atomic mass is 10.0. The van der Waals surface area contributed by atoms with Crippen molar-refractivity contribution in [3.05, 3.63) is 66.0 Å². The number of ether oxygens (including phenoxy) is 2. The van der Waals surface area contributed by atoms with Crippen LogP contribution in [0.15, 0.2) is 54.9 Å². The van der Waals surface area contributed by atoms with Crippen molar-refractivity contribution < 1.29 is 19.1 Å². The van der Waals surface area contributed by atoms with Gasteiger partial charge in [0.05, 0.1) is 12.6 Å². The molecule has 0 radical (unpaired) electrons. The molecule has 8 nitrogen and oxygen atoms in total. The van der Waals surface area contributed by atoms with Crippen LogP contribution in [-0.4, -0.2) is 41.1 Å². The summed E-state index contributed by atoms with van der Waals surface area (Å²) in [6.45, 7) is 1.53. The predicted octanol–water partition coefficient (Wildman–Crippen LogP) is 2.68. The summed E-state index contributed by atoms with van der Waals surface area (Å²) >= 11 is 0. The van der Waals surface area contributed by atoms with Gasteiger partial charge in [0.25, 0.3) is 5.91 Å². The van der Waals surface area contributed by atoms with Gasteiger partial charge >= 0.3 is 0 Å². The summed E-state index contributed by atoms with van der Waals surface area (Å²) in [5, 5.41) is 1.90. The highest BCUT2D eigenvalue weighted by Crippen LogP contribution is 2.38. The summed E-state index contributed by atoms with van der Waals surface area (Å²) in [6, 6.07) is 13.6. The fourth-order valence-electron chi connectivity index (χ4n) is 4.81. The highest BCUT2D eigenvalue weighted by molar-refractivity contribution is 5.95. The van der Waals surface area contributed by atoms with Crippen LogP contribution in [0.3, 0.4) is 0 Å². The van der Waals surface area contributed by atoms with Crippen molar-refractivity contribution in [2.45, 2.75) is 37.9 Å². The van der Waals surface area contributed by atoms with Gasteiger partial charge in [0, 0.05) is 31.1 Å². The van der Waals surface area contributed by atoms with E-state index >= 15 is 0 Å². The van der Waals surface area contributed by atoms with E-state index in [4.69, 9.17) is 9.47 Å². The molecule has 2 fully saturated rings. The van der Waals surface area contributed by atoms with Crippen LogP contribution < -0.4 is 19.8 Å². The Bertz CT molecular complexity index is 1100. The predicted molar refractivity (Wildman–Crippen MR) is 116 cm³/mol. The van der Waals surface area contributed by atoms with Crippen LogP contribution in [0.25, 0.3) is 0 Å². The molecule has 8 heteroatoms. The number of carbonyl (C=O) groups is 2. The Morgan fingerprint density at radius 2 is 1.84 bits per heavy atom. The van der Waals surface area contributed by atoms with Gasteiger partial charge in [0.1, 0.15) is 6.04 Å². The Hall–Kier alpha value is -3.52. The van der Waals surface area contributed by atoms with E-state index in [-0.39, 0.29) is 30.7 Å². The van der Waals surface area contributed by atoms with Crippen LogP contribution in [0, 0.1) is 0 Å². The molecular formula is C24H24N4O4. The third kappa shape index (κ3) is 3.27. The molecule has 2 saturated heterocycles. The van der Waals surface area contributed by atoms with Gasteiger partial charge in [0.15, 0.2) is 11.5 Å². The Kier molecular flexibility index (Phi) is 4.53.